The van der Waals surface area contributed by atoms with Gasteiger partial charge in [-0.15, -0.1) is 0 Å². The lowest BCUT2D eigenvalue weighted by atomic mass is 10.1. The van der Waals surface area contributed by atoms with Gasteiger partial charge in [0.2, 0.25) is 0 Å². The van der Waals surface area contributed by atoms with E-state index in [4.69, 9.17) is 16.7 Å². The summed E-state index contributed by atoms with van der Waals surface area (Å²) in [5.41, 5.74) is 0.877. The van der Waals surface area contributed by atoms with Gasteiger partial charge in [-0.05, 0) is 63.2 Å². The summed E-state index contributed by atoms with van der Waals surface area (Å²) in [5, 5.41) is 9.30. The summed E-state index contributed by atoms with van der Waals surface area (Å²) in [6, 6.07) is 4.91. The molecule has 0 amide bonds. The van der Waals surface area contributed by atoms with Crippen LogP contribution >= 0.6 is 11.6 Å². The van der Waals surface area contributed by atoms with Crippen LogP contribution in [0.5, 0.6) is 0 Å². The molecule has 1 fully saturated rings. The third-order valence-corrected chi connectivity index (χ3v) is 4.34. The summed E-state index contributed by atoms with van der Waals surface area (Å²) < 4.78 is 13.4. The van der Waals surface area contributed by atoms with Crippen LogP contribution in [0.2, 0.25) is 5.02 Å². The number of benzene rings is 1. The van der Waals surface area contributed by atoms with E-state index in [1.54, 1.807) is 6.07 Å². The first-order valence-electron chi connectivity index (χ1n) is 7.53. The molecule has 1 atom stereocenters. The van der Waals surface area contributed by atoms with Crippen molar-refractivity contribution >= 4 is 17.6 Å². The molecule has 1 saturated heterocycles. The minimum Gasteiger partial charge on any atom is -0.480 e. The Morgan fingerprint density at radius 1 is 1.41 bits per heavy atom. The molecule has 1 unspecified atom stereocenters. The van der Waals surface area contributed by atoms with Gasteiger partial charge in [0, 0.05) is 17.6 Å². The zero-order valence-corrected chi connectivity index (χ0v) is 13.5. The van der Waals surface area contributed by atoms with Gasteiger partial charge in [0.1, 0.15) is 5.82 Å². The molecule has 1 aromatic rings. The smallest absolute Gasteiger partial charge is 0.317 e. The Hall–Kier alpha value is -1.17. The molecule has 4 nitrogen and oxygen atoms in total. The summed E-state index contributed by atoms with van der Waals surface area (Å²) in [7, 11) is 1.86. The highest BCUT2D eigenvalue weighted by atomic mass is 35.5. The highest BCUT2D eigenvalue weighted by Gasteiger charge is 2.21. The predicted molar refractivity (Wildman–Crippen MR) is 84.6 cm³/mol. The molecular weight excluding hydrogens is 307 g/mol. The van der Waals surface area contributed by atoms with Gasteiger partial charge in [-0.2, -0.15) is 0 Å². The Bertz CT molecular complexity index is 507. The minimum absolute atomic E-state index is 0.0736. The Labute approximate surface area is 135 Å². The number of rotatable bonds is 5. The second-order valence-electron chi connectivity index (χ2n) is 5.95. The molecule has 1 aliphatic rings. The van der Waals surface area contributed by atoms with Crippen LogP contribution in [0.3, 0.4) is 0 Å². The monoisotopic (exact) mass is 328 g/mol. The SMILES string of the molecule is CN(CC(=O)O)C1CCCN(Cc2cc(F)cc(Cl)c2)CC1. The van der Waals surface area contributed by atoms with Crippen molar-refractivity contribution in [2.24, 2.45) is 0 Å². The van der Waals surface area contributed by atoms with E-state index < -0.39 is 5.97 Å². The molecule has 1 N–H and O–H groups in total. The first-order valence-corrected chi connectivity index (χ1v) is 7.91. The van der Waals surface area contributed by atoms with Crippen LogP contribution in [-0.4, -0.2) is 53.6 Å². The Kier molecular flexibility index (Phi) is 6.17. The van der Waals surface area contributed by atoms with Crippen molar-refractivity contribution in [3.05, 3.63) is 34.6 Å². The fourth-order valence-corrected chi connectivity index (χ4v) is 3.28. The standard InChI is InChI=1S/C16H22ClFN2O2/c1-19(11-16(21)22)15-3-2-5-20(6-4-15)10-12-7-13(17)9-14(18)8-12/h7-9,15H,2-6,10-11H2,1H3,(H,21,22). The van der Waals surface area contributed by atoms with E-state index in [1.807, 2.05) is 11.9 Å². The average Bonchev–Trinajstić information content (AvgIpc) is 2.62. The summed E-state index contributed by atoms with van der Waals surface area (Å²) in [5.74, 6) is -1.10. The van der Waals surface area contributed by atoms with Gasteiger partial charge in [0.15, 0.2) is 0 Å². The molecule has 0 bridgehead atoms. The number of aliphatic carboxylic acids is 1. The maximum atomic E-state index is 13.4. The number of likely N-dealkylation sites (tertiary alicyclic amines) is 1. The van der Waals surface area contributed by atoms with E-state index in [2.05, 4.69) is 4.90 Å². The van der Waals surface area contributed by atoms with Crippen LogP contribution in [0.15, 0.2) is 18.2 Å². The molecule has 0 radical (unpaired) electrons. The molecule has 122 valence electrons. The van der Waals surface area contributed by atoms with Gasteiger partial charge in [0.05, 0.1) is 6.54 Å². The molecule has 1 aromatic carbocycles. The van der Waals surface area contributed by atoms with E-state index in [1.165, 1.54) is 12.1 Å². The number of nitrogens with zero attached hydrogens (tertiary/aromatic N) is 2. The third-order valence-electron chi connectivity index (χ3n) is 4.13. The van der Waals surface area contributed by atoms with Gasteiger partial charge in [-0.1, -0.05) is 11.6 Å². The highest BCUT2D eigenvalue weighted by molar-refractivity contribution is 6.30. The van der Waals surface area contributed by atoms with Crippen LogP contribution < -0.4 is 0 Å². The fraction of sp³-hybridized carbons (Fsp3) is 0.562. The average molecular weight is 329 g/mol. The lowest BCUT2D eigenvalue weighted by Crippen LogP contribution is -2.36. The van der Waals surface area contributed by atoms with Gasteiger partial charge in [-0.25, -0.2) is 4.39 Å². The van der Waals surface area contributed by atoms with Crippen molar-refractivity contribution in [2.75, 3.05) is 26.7 Å². The van der Waals surface area contributed by atoms with E-state index in [-0.39, 0.29) is 18.4 Å². The number of carbonyl (C=O) groups is 1. The summed E-state index contributed by atoms with van der Waals surface area (Å²) in [4.78, 5) is 15.0. The molecule has 2 rings (SSSR count). The lowest BCUT2D eigenvalue weighted by molar-refractivity contribution is -0.138. The van der Waals surface area contributed by atoms with E-state index in [0.717, 1.165) is 37.9 Å². The molecule has 1 aliphatic heterocycles. The van der Waals surface area contributed by atoms with Gasteiger partial charge in [0.25, 0.3) is 0 Å². The summed E-state index contributed by atoms with van der Waals surface area (Å²) >= 11 is 5.89. The fourth-order valence-electron chi connectivity index (χ4n) is 3.04. The lowest BCUT2D eigenvalue weighted by Gasteiger charge is -2.25. The Morgan fingerprint density at radius 2 is 2.18 bits per heavy atom. The normalized spacial score (nSPS) is 20.1. The van der Waals surface area contributed by atoms with E-state index in [0.29, 0.717) is 11.6 Å². The van der Waals surface area contributed by atoms with Crippen molar-refractivity contribution in [1.82, 2.24) is 9.80 Å². The molecule has 0 aliphatic carbocycles. The number of hydrogen-bond donors (Lipinski definition) is 1. The van der Waals surface area contributed by atoms with Gasteiger partial charge in [-0.3, -0.25) is 14.6 Å². The second kappa shape index (κ2) is 7.90. The van der Waals surface area contributed by atoms with Crippen molar-refractivity contribution in [2.45, 2.75) is 31.8 Å². The number of carboxylic acids is 1. The van der Waals surface area contributed by atoms with Crippen molar-refractivity contribution < 1.29 is 14.3 Å². The predicted octanol–water partition coefficient (Wildman–Crippen LogP) is 2.85. The zero-order chi connectivity index (χ0) is 16.1. The second-order valence-corrected chi connectivity index (χ2v) is 6.38. The summed E-state index contributed by atoms with van der Waals surface area (Å²) in [6.45, 7) is 2.56. The number of carboxylic acid groups (broad SMARTS) is 1. The van der Waals surface area contributed by atoms with Crippen LogP contribution in [0.25, 0.3) is 0 Å². The largest absolute Gasteiger partial charge is 0.480 e. The maximum Gasteiger partial charge on any atom is 0.317 e. The highest BCUT2D eigenvalue weighted by Crippen LogP contribution is 2.20. The minimum atomic E-state index is -0.794. The number of halogens is 2. The van der Waals surface area contributed by atoms with Crippen molar-refractivity contribution in [3.63, 3.8) is 0 Å². The molecule has 0 aromatic heterocycles. The van der Waals surface area contributed by atoms with Crippen LogP contribution in [0, 0.1) is 5.82 Å². The molecule has 6 heteroatoms. The van der Waals surface area contributed by atoms with Crippen LogP contribution in [0.1, 0.15) is 24.8 Å². The first kappa shape index (κ1) is 17.2. The topological polar surface area (TPSA) is 43.8 Å². The van der Waals surface area contributed by atoms with Gasteiger partial charge < -0.3 is 5.11 Å². The molecule has 0 saturated carbocycles. The summed E-state index contributed by atoms with van der Waals surface area (Å²) in [6.07, 6.45) is 2.93. The van der Waals surface area contributed by atoms with E-state index in [9.17, 15) is 9.18 Å². The number of likely N-dealkylation sites (N-methyl/N-ethyl adjacent to an activating group) is 1. The molecule has 0 spiro atoms. The van der Waals surface area contributed by atoms with Crippen LogP contribution in [-0.2, 0) is 11.3 Å². The zero-order valence-electron chi connectivity index (χ0n) is 12.8. The maximum absolute atomic E-state index is 13.4. The first-order chi connectivity index (χ1) is 10.4. The molecule has 1 heterocycles. The third kappa shape index (κ3) is 5.23. The van der Waals surface area contributed by atoms with Gasteiger partial charge >= 0.3 is 5.97 Å². The molecule has 22 heavy (non-hydrogen) atoms. The van der Waals surface area contributed by atoms with Crippen molar-refractivity contribution in [1.29, 1.82) is 0 Å². The van der Waals surface area contributed by atoms with Crippen LogP contribution in [0.4, 0.5) is 4.39 Å². The molecular formula is C16H22ClFN2O2. The van der Waals surface area contributed by atoms with E-state index >= 15 is 0 Å². The quantitative estimate of drug-likeness (QED) is 0.902. The Morgan fingerprint density at radius 3 is 2.86 bits per heavy atom. The number of hydrogen-bond acceptors (Lipinski definition) is 3. The Balaban J connectivity index is 1.91. The van der Waals surface area contributed by atoms with Crippen molar-refractivity contribution in [3.8, 4) is 0 Å².